The highest BCUT2D eigenvalue weighted by Crippen LogP contribution is 2.48. The molecular formula is C12H20. The molecule has 2 aliphatic carbocycles. The summed E-state index contributed by atoms with van der Waals surface area (Å²) in [5.74, 6) is 0.853. The highest BCUT2D eigenvalue weighted by molar-refractivity contribution is 5.03. The van der Waals surface area contributed by atoms with Crippen LogP contribution < -0.4 is 0 Å². The van der Waals surface area contributed by atoms with E-state index in [1.54, 1.807) is 0 Å². The first-order chi connectivity index (χ1) is 5.83. The molecule has 1 atom stereocenters. The van der Waals surface area contributed by atoms with Crippen molar-refractivity contribution in [3.63, 3.8) is 0 Å². The van der Waals surface area contributed by atoms with Crippen LogP contribution in [0.1, 0.15) is 51.9 Å². The molecule has 0 saturated heterocycles. The molecule has 0 N–H and O–H groups in total. The Balaban J connectivity index is 2.11. The lowest BCUT2D eigenvalue weighted by Crippen LogP contribution is -2.32. The van der Waals surface area contributed by atoms with Gasteiger partial charge in [0.05, 0.1) is 0 Å². The molecule has 0 heteroatoms. The molecule has 2 rings (SSSR count). The van der Waals surface area contributed by atoms with Gasteiger partial charge in [0.15, 0.2) is 0 Å². The van der Waals surface area contributed by atoms with Crippen LogP contribution in [0.2, 0.25) is 0 Å². The average molecular weight is 164 g/mol. The maximum Gasteiger partial charge on any atom is -0.0205 e. The summed E-state index contributed by atoms with van der Waals surface area (Å²) in [7, 11) is 0. The topological polar surface area (TPSA) is 0 Å². The third kappa shape index (κ3) is 1.32. The minimum atomic E-state index is 0.729. The van der Waals surface area contributed by atoms with Gasteiger partial charge in [-0.1, -0.05) is 38.3 Å². The largest absolute Gasteiger partial charge is 0.0882 e. The Hall–Kier alpha value is -0.260. The highest BCUT2D eigenvalue weighted by Gasteiger charge is 2.36. The van der Waals surface area contributed by atoms with Gasteiger partial charge in [-0.25, -0.2) is 0 Å². The summed E-state index contributed by atoms with van der Waals surface area (Å²) in [6.07, 6.45) is 15.1. The molecule has 0 amide bonds. The number of hydrogen-bond donors (Lipinski definition) is 0. The van der Waals surface area contributed by atoms with Gasteiger partial charge < -0.3 is 0 Å². The average Bonchev–Trinajstić information content (AvgIpc) is 2.12. The lowest BCUT2D eigenvalue weighted by molar-refractivity contribution is 0.115. The van der Waals surface area contributed by atoms with E-state index in [4.69, 9.17) is 0 Å². The van der Waals surface area contributed by atoms with Crippen LogP contribution in [0.25, 0.3) is 0 Å². The van der Waals surface area contributed by atoms with E-state index in [1.807, 2.05) is 0 Å². The van der Waals surface area contributed by atoms with Gasteiger partial charge >= 0.3 is 0 Å². The van der Waals surface area contributed by atoms with E-state index in [0.717, 1.165) is 11.3 Å². The molecule has 0 aromatic rings. The monoisotopic (exact) mass is 164 g/mol. The van der Waals surface area contributed by atoms with Crippen molar-refractivity contribution < 1.29 is 0 Å². The van der Waals surface area contributed by atoms with E-state index in [0.29, 0.717) is 0 Å². The molecule has 0 aromatic heterocycles. The minimum absolute atomic E-state index is 0.729. The summed E-state index contributed by atoms with van der Waals surface area (Å²) in [4.78, 5) is 0. The van der Waals surface area contributed by atoms with E-state index < -0.39 is 0 Å². The maximum absolute atomic E-state index is 2.45. The van der Waals surface area contributed by atoms with Gasteiger partial charge in [-0.2, -0.15) is 0 Å². The Bertz CT molecular complexity index is 172. The Kier molecular flexibility index (Phi) is 2.25. The summed E-state index contributed by atoms with van der Waals surface area (Å²) in [5.41, 5.74) is 0.729. The van der Waals surface area contributed by atoms with E-state index in [2.05, 4.69) is 19.1 Å². The molecule has 1 fully saturated rings. The predicted molar refractivity (Wildman–Crippen MR) is 53.1 cm³/mol. The second-order valence-corrected chi connectivity index (χ2v) is 4.68. The molecule has 0 nitrogen and oxygen atoms in total. The molecule has 1 spiro atoms. The molecule has 0 bridgehead atoms. The van der Waals surface area contributed by atoms with Gasteiger partial charge in [-0.15, -0.1) is 0 Å². The number of hydrogen-bond acceptors (Lipinski definition) is 0. The summed E-state index contributed by atoms with van der Waals surface area (Å²) in [6, 6.07) is 0. The Labute approximate surface area is 76.1 Å². The van der Waals surface area contributed by atoms with Crippen molar-refractivity contribution in [3.8, 4) is 0 Å². The molecule has 0 aliphatic heterocycles. The standard InChI is InChI=1S/C12H20/c1-11-7-3-6-10-12(11)8-4-2-5-9-12/h3,7,11H,2,4-6,8-10H2,1H3. The van der Waals surface area contributed by atoms with Crippen molar-refractivity contribution in [3.05, 3.63) is 12.2 Å². The zero-order valence-corrected chi connectivity index (χ0v) is 8.18. The molecule has 0 aromatic carbocycles. The quantitative estimate of drug-likeness (QED) is 0.476. The van der Waals surface area contributed by atoms with Gasteiger partial charge in [0.2, 0.25) is 0 Å². The lowest BCUT2D eigenvalue weighted by Gasteiger charge is -2.43. The van der Waals surface area contributed by atoms with E-state index >= 15 is 0 Å². The molecule has 12 heavy (non-hydrogen) atoms. The van der Waals surface area contributed by atoms with Crippen molar-refractivity contribution >= 4 is 0 Å². The van der Waals surface area contributed by atoms with Gasteiger partial charge in [0, 0.05) is 0 Å². The molecule has 1 unspecified atom stereocenters. The van der Waals surface area contributed by atoms with Crippen LogP contribution in [0.15, 0.2) is 12.2 Å². The fourth-order valence-electron chi connectivity index (χ4n) is 3.06. The van der Waals surface area contributed by atoms with Crippen LogP contribution in [-0.4, -0.2) is 0 Å². The lowest BCUT2D eigenvalue weighted by atomic mass is 9.62. The third-order valence-corrected chi connectivity index (χ3v) is 4.05. The van der Waals surface area contributed by atoms with E-state index in [9.17, 15) is 0 Å². The fourth-order valence-corrected chi connectivity index (χ4v) is 3.06. The van der Waals surface area contributed by atoms with Crippen LogP contribution in [0, 0.1) is 11.3 Å². The summed E-state index contributed by atoms with van der Waals surface area (Å²) in [6.45, 7) is 2.42. The Morgan fingerprint density at radius 1 is 1.08 bits per heavy atom. The molecule has 0 radical (unpaired) electrons. The normalized spacial score (nSPS) is 33.9. The maximum atomic E-state index is 2.45. The molecule has 1 saturated carbocycles. The smallest absolute Gasteiger partial charge is 0.0205 e. The van der Waals surface area contributed by atoms with Gasteiger partial charge in [-0.3, -0.25) is 0 Å². The van der Waals surface area contributed by atoms with Crippen LogP contribution in [0.4, 0.5) is 0 Å². The summed E-state index contributed by atoms with van der Waals surface area (Å²) >= 11 is 0. The zero-order valence-electron chi connectivity index (χ0n) is 8.18. The van der Waals surface area contributed by atoms with Crippen LogP contribution in [0.3, 0.4) is 0 Å². The molecule has 2 aliphatic rings. The van der Waals surface area contributed by atoms with Crippen molar-refractivity contribution in [2.75, 3.05) is 0 Å². The van der Waals surface area contributed by atoms with Gasteiger partial charge in [-0.05, 0) is 37.0 Å². The van der Waals surface area contributed by atoms with E-state index in [-0.39, 0.29) is 0 Å². The van der Waals surface area contributed by atoms with Crippen LogP contribution in [0.5, 0.6) is 0 Å². The first-order valence-corrected chi connectivity index (χ1v) is 5.50. The van der Waals surface area contributed by atoms with Crippen molar-refractivity contribution in [2.24, 2.45) is 11.3 Å². The second-order valence-electron chi connectivity index (χ2n) is 4.68. The Morgan fingerprint density at radius 2 is 1.83 bits per heavy atom. The van der Waals surface area contributed by atoms with Crippen LogP contribution >= 0.6 is 0 Å². The first-order valence-electron chi connectivity index (χ1n) is 5.50. The number of rotatable bonds is 0. The zero-order chi connectivity index (χ0) is 8.44. The van der Waals surface area contributed by atoms with Crippen molar-refractivity contribution in [1.29, 1.82) is 0 Å². The molecule has 68 valence electrons. The van der Waals surface area contributed by atoms with Crippen LogP contribution in [-0.2, 0) is 0 Å². The summed E-state index contributed by atoms with van der Waals surface area (Å²) < 4.78 is 0. The highest BCUT2D eigenvalue weighted by atomic mass is 14.4. The van der Waals surface area contributed by atoms with E-state index in [1.165, 1.54) is 44.9 Å². The SMILES string of the molecule is CC1C=CCCC12CCCCC2. The predicted octanol–water partition coefficient (Wildman–Crippen LogP) is 3.92. The third-order valence-electron chi connectivity index (χ3n) is 4.05. The number of allylic oxidation sites excluding steroid dienone is 2. The second kappa shape index (κ2) is 3.24. The van der Waals surface area contributed by atoms with Gasteiger partial charge in [0.25, 0.3) is 0 Å². The minimum Gasteiger partial charge on any atom is -0.0882 e. The Morgan fingerprint density at radius 3 is 2.50 bits per heavy atom. The first kappa shape index (κ1) is 8.34. The summed E-state index contributed by atoms with van der Waals surface area (Å²) in [5, 5.41) is 0. The van der Waals surface area contributed by atoms with Gasteiger partial charge in [0.1, 0.15) is 0 Å². The molecular weight excluding hydrogens is 144 g/mol. The van der Waals surface area contributed by atoms with Crippen molar-refractivity contribution in [2.45, 2.75) is 51.9 Å². The molecule has 0 heterocycles. The fraction of sp³-hybridized carbons (Fsp3) is 0.833. The van der Waals surface area contributed by atoms with Crippen molar-refractivity contribution in [1.82, 2.24) is 0 Å².